The van der Waals surface area contributed by atoms with Gasteiger partial charge < -0.3 is 20.3 Å². The molecule has 4 N–H and O–H groups in total. The molecule has 2 aromatic heterocycles. The van der Waals surface area contributed by atoms with E-state index in [1.54, 1.807) is 48.5 Å². The van der Waals surface area contributed by atoms with Gasteiger partial charge in [0.25, 0.3) is 0 Å². The summed E-state index contributed by atoms with van der Waals surface area (Å²) in [5, 5.41) is 15.9. The van der Waals surface area contributed by atoms with Gasteiger partial charge in [0.1, 0.15) is 0 Å². The number of nitrogen functional groups attached to an aromatic ring is 2. The van der Waals surface area contributed by atoms with Crippen LogP contribution < -0.4 is 11.5 Å². The summed E-state index contributed by atoms with van der Waals surface area (Å²) in [5.41, 5.74) is 14.1. The van der Waals surface area contributed by atoms with Crippen molar-refractivity contribution in [3.63, 3.8) is 0 Å². The van der Waals surface area contributed by atoms with E-state index in [1.807, 2.05) is 0 Å². The molecule has 4 aromatic rings. The number of aromatic nitrogens is 4. The fourth-order valence-electron chi connectivity index (χ4n) is 2.10. The summed E-state index contributed by atoms with van der Waals surface area (Å²) in [6, 6.07) is 14.2. The topological polar surface area (TPSA) is 130 Å². The van der Waals surface area contributed by atoms with E-state index in [4.69, 9.17) is 20.3 Å². The Balaban J connectivity index is 1.63. The van der Waals surface area contributed by atoms with Crippen LogP contribution in [0.25, 0.3) is 34.7 Å². The minimum Gasteiger partial charge on any atom is -0.412 e. The molecule has 0 bridgehead atoms. The molecule has 8 nitrogen and oxygen atoms in total. The third-order valence-electron chi connectivity index (χ3n) is 3.35. The van der Waals surface area contributed by atoms with E-state index in [9.17, 15) is 0 Å². The first kappa shape index (κ1) is 13.9. The number of hydrogen-bond donors (Lipinski definition) is 2. The van der Waals surface area contributed by atoms with Crippen LogP contribution in [0.5, 0.6) is 0 Å². The minimum absolute atomic E-state index is 0.149. The highest BCUT2D eigenvalue weighted by molar-refractivity contribution is 5.59. The highest BCUT2D eigenvalue weighted by Crippen LogP contribution is 2.26. The van der Waals surface area contributed by atoms with Crippen LogP contribution in [0.15, 0.2) is 57.4 Å². The highest BCUT2D eigenvalue weighted by Gasteiger charge is 2.17. The predicted molar refractivity (Wildman–Crippen MR) is 87.3 cm³/mol. The van der Waals surface area contributed by atoms with Crippen molar-refractivity contribution in [1.82, 2.24) is 20.4 Å². The molecule has 2 aromatic carbocycles. The molecule has 0 unspecified atom stereocenters. The Hall–Kier alpha value is -3.68. The van der Waals surface area contributed by atoms with E-state index in [-0.39, 0.29) is 11.8 Å². The van der Waals surface area contributed by atoms with E-state index in [1.165, 1.54) is 0 Å². The third-order valence-corrected chi connectivity index (χ3v) is 3.35. The van der Waals surface area contributed by atoms with Crippen LogP contribution in [-0.4, -0.2) is 20.4 Å². The average molecular weight is 320 g/mol. The van der Waals surface area contributed by atoms with E-state index in [0.29, 0.717) is 23.2 Å². The van der Waals surface area contributed by atoms with Gasteiger partial charge >= 0.3 is 11.8 Å². The molecule has 0 saturated carbocycles. The average Bonchev–Trinajstić information content (AvgIpc) is 3.25. The van der Waals surface area contributed by atoms with Gasteiger partial charge in [0.15, 0.2) is 0 Å². The third kappa shape index (κ3) is 2.56. The van der Waals surface area contributed by atoms with Gasteiger partial charge in [0.2, 0.25) is 11.8 Å². The number of benzene rings is 2. The van der Waals surface area contributed by atoms with Crippen LogP contribution in [0.1, 0.15) is 0 Å². The van der Waals surface area contributed by atoms with Crippen LogP contribution >= 0.6 is 0 Å². The van der Waals surface area contributed by atoms with Gasteiger partial charge in [-0.1, -0.05) is 0 Å². The van der Waals surface area contributed by atoms with E-state index < -0.39 is 0 Å². The Bertz CT molecular complexity index is 891. The van der Waals surface area contributed by atoms with E-state index >= 15 is 0 Å². The number of anilines is 2. The Morgan fingerprint density at radius 3 is 1.21 bits per heavy atom. The Morgan fingerprint density at radius 2 is 0.833 bits per heavy atom. The molecule has 0 spiro atoms. The molecule has 0 aliphatic carbocycles. The van der Waals surface area contributed by atoms with Crippen molar-refractivity contribution >= 4 is 11.4 Å². The zero-order chi connectivity index (χ0) is 16.5. The quantitative estimate of drug-likeness (QED) is 0.551. The maximum atomic E-state index is 5.66. The second-order valence-electron chi connectivity index (χ2n) is 5.07. The normalized spacial score (nSPS) is 10.8. The number of nitrogens with two attached hydrogens (primary N) is 2. The predicted octanol–water partition coefficient (Wildman–Crippen LogP) is 2.62. The van der Waals surface area contributed by atoms with Gasteiger partial charge in [-0.3, -0.25) is 0 Å². The molecule has 118 valence electrons. The van der Waals surface area contributed by atoms with Crippen molar-refractivity contribution in [3.05, 3.63) is 48.5 Å². The standard InChI is InChI=1S/C16H12N6O2/c17-11-5-1-9(2-6-11)13-19-21-15(23-13)16-22-20-14(24-16)10-3-7-12(18)8-4-10/h1-8H,17-18H2. The molecule has 0 saturated heterocycles. The lowest BCUT2D eigenvalue weighted by atomic mass is 10.2. The van der Waals surface area contributed by atoms with Gasteiger partial charge in [0, 0.05) is 22.5 Å². The fraction of sp³-hybridized carbons (Fsp3) is 0. The van der Waals surface area contributed by atoms with Crippen molar-refractivity contribution in [3.8, 4) is 34.7 Å². The Kier molecular flexibility index (Phi) is 3.20. The van der Waals surface area contributed by atoms with Crippen molar-refractivity contribution < 1.29 is 8.83 Å². The summed E-state index contributed by atoms with van der Waals surface area (Å²) >= 11 is 0. The van der Waals surface area contributed by atoms with E-state index in [0.717, 1.165) is 11.1 Å². The molecule has 8 heteroatoms. The summed E-state index contributed by atoms with van der Waals surface area (Å²) in [6.45, 7) is 0. The molecule has 0 aliphatic heterocycles. The van der Waals surface area contributed by atoms with Gasteiger partial charge in [-0.2, -0.15) is 0 Å². The molecule has 2 heterocycles. The maximum Gasteiger partial charge on any atom is 0.306 e. The van der Waals surface area contributed by atoms with Gasteiger partial charge in [-0.25, -0.2) is 0 Å². The monoisotopic (exact) mass is 320 g/mol. The second kappa shape index (κ2) is 5.51. The Labute approximate surface area is 136 Å². The van der Waals surface area contributed by atoms with Crippen molar-refractivity contribution in [2.24, 2.45) is 0 Å². The van der Waals surface area contributed by atoms with Gasteiger partial charge in [-0.05, 0) is 48.5 Å². The van der Waals surface area contributed by atoms with Gasteiger partial charge in [0.05, 0.1) is 0 Å². The number of rotatable bonds is 3. The lowest BCUT2D eigenvalue weighted by Gasteiger charge is -1.95. The summed E-state index contributed by atoms with van der Waals surface area (Å²) in [4.78, 5) is 0. The molecular weight excluding hydrogens is 308 g/mol. The zero-order valence-corrected chi connectivity index (χ0v) is 12.4. The SMILES string of the molecule is Nc1ccc(-c2nnc(-c3nnc(-c4ccc(N)cc4)o3)o2)cc1. The van der Waals surface area contributed by atoms with Crippen molar-refractivity contribution in [2.45, 2.75) is 0 Å². The van der Waals surface area contributed by atoms with Crippen LogP contribution in [0.2, 0.25) is 0 Å². The van der Waals surface area contributed by atoms with Crippen molar-refractivity contribution in [2.75, 3.05) is 11.5 Å². The second-order valence-corrected chi connectivity index (χ2v) is 5.07. The van der Waals surface area contributed by atoms with Crippen LogP contribution in [0.3, 0.4) is 0 Å². The minimum atomic E-state index is 0.149. The van der Waals surface area contributed by atoms with Crippen LogP contribution in [0, 0.1) is 0 Å². The lowest BCUT2D eigenvalue weighted by Crippen LogP contribution is -1.83. The maximum absolute atomic E-state index is 5.66. The molecule has 0 aliphatic rings. The van der Waals surface area contributed by atoms with Crippen LogP contribution in [0.4, 0.5) is 11.4 Å². The zero-order valence-electron chi connectivity index (χ0n) is 12.4. The molecule has 0 atom stereocenters. The summed E-state index contributed by atoms with van der Waals surface area (Å²) < 4.78 is 11.2. The molecule has 4 rings (SSSR count). The van der Waals surface area contributed by atoms with E-state index in [2.05, 4.69) is 20.4 Å². The summed E-state index contributed by atoms with van der Waals surface area (Å²) in [6.07, 6.45) is 0. The molecular formula is C16H12N6O2. The smallest absolute Gasteiger partial charge is 0.306 e. The number of hydrogen-bond acceptors (Lipinski definition) is 8. The van der Waals surface area contributed by atoms with Crippen molar-refractivity contribution in [1.29, 1.82) is 0 Å². The van der Waals surface area contributed by atoms with Gasteiger partial charge in [-0.15, -0.1) is 20.4 Å². The Morgan fingerprint density at radius 1 is 0.500 bits per heavy atom. The first-order valence-corrected chi connectivity index (χ1v) is 7.08. The molecule has 0 radical (unpaired) electrons. The molecule has 24 heavy (non-hydrogen) atoms. The molecule has 0 amide bonds. The number of nitrogens with zero attached hydrogens (tertiary/aromatic N) is 4. The largest absolute Gasteiger partial charge is 0.412 e. The summed E-state index contributed by atoms with van der Waals surface area (Å²) in [7, 11) is 0. The highest BCUT2D eigenvalue weighted by atomic mass is 16.4. The fourth-order valence-corrected chi connectivity index (χ4v) is 2.10. The molecule has 0 fully saturated rings. The van der Waals surface area contributed by atoms with Crippen LogP contribution in [-0.2, 0) is 0 Å². The lowest BCUT2D eigenvalue weighted by molar-refractivity contribution is 0.522. The first-order chi connectivity index (χ1) is 11.7. The summed E-state index contributed by atoms with van der Waals surface area (Å²) in [5.74, 6) is 0.988. The first-order valence-electron chi connectivity index (χ1n) is 7.08.